The predicted molar refractivity (Wildman–Crippen MR) is 73.8 cm³/mol. The third-order valence-electron chi connectivity index (χ3n) is 0.902. The molecule has 0 spiro atoms. The van der Waals surface area contributed by atoms with Crippen LogP contribution in [0, 0.1) is 0 Å². The summed E-state index contributed by atoms with van der Waals surface area (Å²) in [4.78, 5) is 16.8. The molecule has 7 nitrogen and oxygen atoms in total. The zero-order valence-corrected chi connectivity index (χ0v) is 13.7. The van der Waals surface area contributed by atoms with E-state index in [0.29, 0.717) is 18.5 Å². The lowest BCUT2D eigenvalue weighted by Gasteiger charge is -2.09. The molecule has 9 N–H and O–H groups in total. The molecule has 1 unspecified atom stereocenters. The van der Waals surface area contributed by atoms with Crippen molar-refractivity contribution >= 4 is 14.7 Å². The largest absolute Gasteiger partial charge is 0.548 e. The van der Waals surface area contributed by atoms with Crippen molar-refractivity contribution in [1.29, 1.82) is 0 Å². The van der Waals surface area contributed by atoms with E-state index in [1.165, 1.54) is 0 Å². The van der Waals surface area contributed by atoms with Crippen LogP contribution < -0.4 is 22.3 Å². The Morgan fingerprint density at radius 3 is 1.53 bits per heavy atom. The fraction of sp³-hybridized carbons (Fsp3) is 0.909. The van der Waals surface area contributed by atoms with E-state index < -0.39 is 20.7 Å². The molecular weight excluding hydrogens is 269 g/mol. The average molecular weight is 300 g/mol. The summed E-state index contributed by atoms with van der Waals surface area (Å²) in [6.07, 6.45) is 1.29. The quantitative estimate of drug-likeness (QED) is 0.457. The Hall–Kier alpha value is -0.590. The van der Waals surface area contributed by atoms with Crippen LogP contribution in [0.25, 0.3) is 0 Å². The Morgan fingerprint density at radius 2 is 1.47 bits per heavy atom. The molecule has 0 aliphatic carbocycles. The highest BCUT2D eigenvalue weighted by atomic mass is 31.1. The minimum Gasteiger partial charge on any atom is -0.548 e. The van der Waals surface area contributed by atoms with E-state index in [4.69, 9.17) is 15.2 Å². The minimum atomic E-state index is -1.16. The van der Waals surface area contributed by atoms with E-state index in [2.05, 4.69) is 39.2 Å². The zero-order chi connectivity index (χ0) is 16.4. The summed E-state index contributed by atoms with van der Waals surface area (Å²) in [6.45, 7) is 10.1. The standard InChI is InChI=1S/C5H11NO2.2C3H9N.HO2P/c1-2-3-4(6)5(7)8;2*1-3(2)4;1-3-2/h4H,2-3,6H2,1H3,(H,7,8);2*3H,4H2,1-2H3;(H,1,2)/p+1. The van der Waals surface area contributed by atoms with Gasteiger partial charge in [-0.05, 0) is 34.1 Å². The predicted octanol–water partition coefficient (Wildman–Crippen LogP) is -1.68. The summed E-state index contributed by atoms with van der Waals surface area (Å²) in [5.41, 5.74) is 12.3. The summed E-state index contributed by atoms with van der Waals surface area (Å²) in [5.74, 6) is -1.16. The average Bonchev–Trinajstić information content (AvgIpc) is 2.17. The number of carboxylic acid groups (broad SMARTS) is 1. The number of nitrogens with two attached hydrogens (primary N) is 1. The van der Waals surface area contributed by atoms with Gasteiger partial charge in [-0.3, -0.25) is 0 Å². The summed E-state index contributed by atoms with van der Waals surface area (Å²) >= 11 is 0. The maximum atomic E-state index is 9.85. The van der Waals surface area contributed by atoms with Gasteiger partial charge in [-0.25, -0.2) is 4.57 Å². The van der Waals surface area contributed by atoms with Gasteiger partial charge in [0.1, 0.15) is 0 Å². The van der Waals surface area contributed by atoms with Crippen LogP contribution in [-0.4, -0.2) is 29.0 Å². The molecule has 0 rings (SSSR count). The van der Waals surface area contributed by atoms with E-state index in [1.54, 1.807) is 0 Å². The van der Waals surface area contributed by atoms with Crippen LogP contribution >= 0.6 is 8.69 Å². The van der Waals surface area contributed by atoms with Gasteiger partial charge < -0.3 is 32.0 Å². The minimum absolute atomic E-state index is 0.502. The van der Waals surface area contributed by atoms with Crippen LogP contribution in [0.3, 0.4) is 0 Å². The topological polar surface area (TPSA) is 159 Å². The zero-order valence-electron chi connectivity index (χ0n) is 12.8. The summed E-state index contributed by atoms with van der Waals surface area (Å²) < 4.78 is 8.46. The first-order chi connectivity index (χ1) is 8.56. The van der Waals surface area contributed by atoms with Gasteiger partial charge in [0, 0.05) is 6.04 Å². The summed E-state index contributed by atoms with van der Waals surface area (Å²) in [7, 11) is -0.833. The number of rotatable bonds is 3. The Labute approximate surface area is 117 Å². The third kappa shape index (κ3) is 101. The maximum absolute atomic E-state index is 9.85. The van der Waals surface area contributed by atoms with E-state index in [9.17, 15) is 9.90 Å². The molecule has 0 aromatic carbocycles. The summed E-state index contributed by atoms with van der Waals surface area (Å²) in [6, 6.07) is 0.389. The van der Waals surface area contributed by atoms with Crippen LogP contribution in [-0.2, 0) is 9.36 Å². The fourth-order valence-corrected chi connectivity index (χ4v) is 0.429. The van der Waals surface area contributed by atoms with Crippen LogP contribution in [0.2, 0.25) is 0 Å². The van der Waals surface area contributed by atoms with Gasteiger partial charge in [-0.2, -0.15) is 0 Å². The lowest BCUT2D eigenvalue weighted by molar-refractivity contribution is -0.408. The number of carbonyl (C=O) groups excluding carboxylic acids is 1. The molecule has 0 saturated carbocycles. The van der Waals surface area contributed by atoms with Gasteiger partial charge in [0.25, 0.3) is 0 Å². The molecule has 0 radical (unpaired) electrons. The molecule has 1 atom stereocenters. The molecule has 19 heavy (non-hydrogen) atoms. The number of aliphatic carboxylic acids is 1. The molecule has 0 bridgehead atoms. The van der Waals surface area contributed by atoms with Crippen molar-refractivity contribution in [3.63, 3.8) is 0 Å². The van der Waals surface area contributed by atoms with Crippen molar-refractivity contribution in [2.75, 3.05) is 0 Å². The number of hydrogen-bond acceptors (Lipinski definition) is 4. The van der Waals surface area contributed by atoms with Gasteiger partial charge in [0.15, 0.2) is 0 Å². The molecule has 118 valence electrons. The lowest BCUT2D eigenvalue weighted by Crippen LogP contribution is -2.57. The molecule has 0 saturated heterocycles. The van der Waals surface area contributed by atoms with Crippen molar-refractivity contribution in [2.45, 2.75) is 65.6 Å². The second-order valence-corrected chi connectivity index (χ2v) is 4.75. The van der Waals surface area contributed by atoms with Gasteiger partial charge in [-0.15, -0.1) is 0 Å². The van der Waals surface area contributed by atoms with E-state index in [-0.39, 0.29) is 0 Å². The smallest absolute Gasteiger partial charge is 0.324 e. The van der Waals surface area contributed by atoms with Crippen molar-refractivity contribution in [3.8, 4) is 0 Å². The normalized spacial score (nSPS) is 10.5. The monoisotopic (exact) mass is 300 g/mol. The molecule has 8 heteroatoms. The van der Waals surface area contributed by atoms with E-state index >= 15 is 0 Å². The first-order valence-corrected chi connectivity index (χ1v) is 6.92. The number of hydrogen-bond donors (Lipinski definition) is 4. The highest BCUT2D eigenvalue weighted by Gasteiger charge is 1.98. The van der Waals surface area contributed by atoms with Crippen LogP contribution in [0.5, 0.6) is 0 Å². The Kier molecular flexibility index (Phi) is 31.9. The van der Waals surface area contributed by atoms with Crippen molar-refractivity contribution in [3.05, 3.63) is 0 Å². The number of quaternary nitrogens is 2. The molecule has 0 fully saturated rings. The second kappa shape index (κ2) is 22.6. The van der Waals surface area contributed by atoms with Crippen molar-refractivity contribution in [1.82, 2.24) is 0 Å². The molecule has 0 aromatic rings. The van der Waals surface area contributed by atoms with Crippen LogP contribution in [0.15, 0.2) is 0 Å². The van der Waals surface area contributed by atoms with E-state index in [0.717, 1.165) is 6.42 Å². The van der Waals surface area contributed by atoms with Gasteiger partial charge in [-0.1, -0.05) is 13.3 Å². The van der Waals surface area contributed by atoms with Crippen LogP contribution in [0.1, 0.15) is 47.5 Å². The fourth-order valence-electron chi connectivity index (χ4n) is 0.429. The summed E-state index contributed by atoms with van der Waals surface area (Å²) in [5, 5.41) is 9.85. The number of carbonyl (C=O) groups is 1. The Bertz CT molecular complexity index is 181. The SMILES string of the molecule is CC(C)[NH3+].CC(C)[NH3+].CCCC(N)C(=O)[O-].O=PO. The molecule has 0 aromatic heterocycles. The molecule has 0 aliphatic rings. The molecule has 0 amide bonds. The van der Waals surface area contributed by atoms with Gasteiger partial charge in [0.05, 0.1) is 18.1 Å². The highest BCUT2D eigenvalue weighted by molar-refractivity contribution is 7.16. The Balaban J connectivity index is -0.0000000871. The van der Waals surface area contributed by atoms with Gasteiger partial charge >= 0.3 is 8.69 Å². The number of carboxylic acids is 1. The second-order valence-electron chi connectivity index (χ2n) is 4.58. The van der Waals surface area contributed by atoms with Crippen molar-refractivity contribution < 1.29 is 30.8 Å². The van der Waals surface area contributed by atoms with Crippen molar-refractivity contribution in [2.24, 2.45) is 5.73 Å². The van der Waals surface area contributed by atoms with Gasteiger partial charge in [0.2, 0.25) is 0 Å². The first kappa shape index (κ1) is 26.9. The molecule has 0 heterocycles. The third-order valence-corrected chi connectivity index (χ3v) is 0.902. The maximum Gasteiger partial charge on any atom is 0.324 e. The first-order valence-electron chi connectivity index (χ1n) is 6.15. The molecular formula is C11H31N3O4P+. The Morgan fingerprint density at radius 1 is 1.26 bits per heavy atom. The lowest BCUT2D eigenvalue weighted by atomic mass is 10.2. The van der Waals surface area contributed by atoms with E-state index in [1.807, 2.05) is 6.92 Å². The highest BCUT2D eigenvalue weighted by Crippen LogP contribution is 1.89. The molecule has 0 aliphatic heterocycles. The van der Waals surface area contributed by atoms with Crippen LogP contribution in [0.4, 0.5) is 0 Å².